The molecule has 0 spiro atoms. The minimum absolute atomic E-state index is 0.0148. The fourth-order valence-corrected chi connectivity index (χ4v) is 3.21. The van der Waals surface area contributed by atoms with E-state index in [1.807, 2.05) is 16.9 Å². The second kappa shape index (κ2) is 6.21. The highest BCUT2D eigenvalue weighted by Gasteiger charge is 2.08. The first-order valence-corrected chi connectivity index (χ1v) is 7.74. The van der Waals surface area contributed by atoms with Crippen LogP contribution in [0.3, 0.4) is 0 Å². The molecule has 0 atom stereocenters. The molecule has 2 aromatic heterocycles. The van der Waals surface area contributed by atoms with Crippen LogP contribution in [0.2, 0.25) is 0 Å². The third kappa shape index (κ3) is 4.07. The van der Waals surface area contributed by atoms with Gasteiger partial charge in [0.25, 0.3) is 0 Å². The van der Waals surface area contributed by atoms with Crippen LogP contribution in [0.1, 0.15) is 31.3 Å². The van der Waals surface area contributed by atoms with Gasteiger partial charge in [-0.2, -0.15) is 5.10 Å². The molecule has 0 aliphatic carbocycles. The molecule has 0 aliphatic rings. The maximum Gasteiger partial charge on any atom is 0.309 e. The highest BCUT2D eigenvalue weighted by molar-refractivity contribution is 8.00. The van der Waals surface area contributed by atoms with E-state index in [0.29, 0.717) is 11.7 Å². The number of hydrogen-bond acceptors (Lipinski definition) is 5. The minimum atomic E-state index is -0.850. The molecule has 19 heavy (non-hydrogen) atoms. The van der Waals surface area contributed by atoms with Gasteiger partial charge in [-0.25, -0.2) is 4.98 Å². The van der Waals surface area contributed by atoms with E-state index in [1.54, 1.807) is 17.1 Å². The lowest BCUT2D eigenvalue weighted by Gasteiger charge is -2.03. The summed E-state index contributed by atoms with van der Waals surface area (Å²) in [6, 6.07) is 2.36. The fourth-order valence-electron chi connectivity index (χ4n) is 1.47. The second-order valence-corrected chi connectivity index (χ2v) is 6.43. The number of hydrogen-bond donors (Lipinski definition) is 1. The molecule has 0 saturated carbocycles. The maximum absolute atomic E-state index is 10.6. The number of nitrogens with zero attached hydrogens (tertiary/aromatic N) is 3. The Morgan fingerprint density at radius 2 is 2.32 bits per heavy atom. The molecule has 0 bridgehead atoms. The minimum Gasteiger partial charge on any atom is -0.481 e. The normalized spacial score (nSPS) is 11.1. The van der Waals surface area contributed by atoms with Crippen molar-refractivity contribution < 1.29 is 9.90 Å². The van der Waals surface area contributed by atoms with Crippen molar-refractivity contribution in [3.63, 3.8) is 0 Å². The highest BCUT2D eigenvalue weighted by Crippen LogP contribution is 2.26. The van der Waals surface area contributed by atoms with Gasteiger partial charge in [-0.15, -0.1) is 11.3 Å². The van der Waals surface area contributed by atoms with Crippen molar-refractivity contribution in [2.75, 3.05) is 0 Å². The summed E-state index contributed by atoms with van der Waals surface area (Å²) in [5.41, 5.74) is 1.63. The van der Waals surface area contributed by atoms with Gasteiger partial charge >= 0.3 is 5.97 Å². The predicted octanol–water partition coefficient (Wildman–Crippen LogP) is 2.84. The Balaban J connectivity index is 1.90. The van der Waals surface area contributed by atoms with Crippen LogP contribution < -0.4 is 0 Å². The number of thiazole rings is 1. The molecule has 2 aromatic rings. The molecule has 2 rings (SSSR count). The Kier molecular flexibility index (Phi) is 4.60. The number of rotatable bonds is 6. The van der Waals surface area contributed by atoms with E-state index in [4.69, 9.17) is 5.11 Å². The topological polar surface area (TPSA) is 68.0 Å². The van der Waals surface area contributed by atoms with E-state index in [-0.39, 0.29) is 6.42 Å². The summed E-state index contributed by atoms with van der Waals surface area (Å²) < 4.78 is 2.81. The molecule has 102 valence electrons. The van der Waals surface area contributed by atoms with Gasteiger partial charge in [0.15, 0.2) is 4.34 Å². The average molecular weight is 297 g/mol. The van der Waals surface area contributed by atoms with E-state index < -0.39 is 5.97 Å². The molecule has 1 N–H and O–H groups in total. The van der Waals surface area contributed by atoms with E-state index in [1.165, 1.54) is 11.3 Å². The first-order chi connectivity index (χ1) is 9.04. The molecule has 0 unspecified atom stereocenters. The second-order valence-electron chi connectivity index (χ2n) is 4.34. The van der Waals surface area contributed by atoms with Gasteiger partial charge in [0.1, 0.15) is 0 Å². The van der Waals surface area contributed by atoms with Crippen LogP contribution in [-0.4, -0.2) is 25.8 Å². The summed E-state index contributed by atoms with van der Waals surface area (Å²) in [6.07, 6.45) is 1.96. The van der Waals surface area contributed by atoms with Gasteiger partial charge in [-0.1, -0.05) is 11.8 Å². The Morgan fingerprint density at radius 1 is 1.53 bits per heavy atom. The van der Waals surface area contributed by atoms with Gasteiger partial charge in [-0.05, 0) is 19.9 Å². The molecule has 0 radical (unpaired) electrons. The summed E-state index contributed by atoms with van der Waals surface area (Å²) in [6.45, 7) is 4.17. The molecule has 2 heterocycles. The van der Waals surface area contributed by atoms with Crippen molar-refractivity contribution >= 4 is 29.1 Å². The number of carboxylic acids is 1. The predicted molar refractivity (Wildman–Crippen MR) is 75.6 cm³/mol. The van der Waals surface area contributed by atoms with Crippen molar-refractivity contribution in [3.05, 3.63) is 29.0 Å². The Morgan fingerprint density at radius 3 is 2.95 bits per heavy atom. The van der Waals surface area contributed by atoms with Crippen LogP contribution in [0.25, 0.3) is 0 Å². The standard InChI is InChI=1S/C12H15N3O2S2/c1-8(2)15-4-3-9(14-15)6-18-12-13-10(7-19-12)5-11(16)17/h3-4,7-8H,5-6H2,1-2H3,(H,16,17). The zero-order valence-corrected chi connectivity index (χ0v) is 12.4. The molecular formula is C12H15N3O2S2. The number of aliphatic carboxylic acids is 1. The molecule has 0 aromatic carbocycles. The molecule has 5 nitrogen and oxygen atoms in total. The lowest BCUT2D eigenvalue weighted by molar-refractivity contribution is -0.136. The smallest absolute Gasteiger partial charge is 0.309 e. The maximum atomic E-state index is 10.6. The fraction of sp³-hybridized carbons (Fsp3) is 0.417. The highest BCUT2D eigenvalue weighted by atomic mass is 32.2. The molecule has 0 amide bonds. The average Bonchev–Trinajstić information content (AvgIpc) is 2.94. The van der Waals surface area contributed by atoms with E-state index in [9.17, 15) is 4.79 Å². The Labute approximate surface area is 119 Å². The Hall–Kier alpha value is -1.34. The summed E-state index contributed by atoms with van der Waals surface area (Å²) in [4.78, 5) is 14.8. The lowest BCUT2D eigenvalue weighted by Crippen LogP contribution is -2.01. The summed E-state index contributed by atoms with van der Waals surface area (Å²) >= 11 is 3.06. The SMILES string of the molecule is CC(C)n1ccc(CSc2nc(CC(=O)O)cs2)n1. The largest absolute Gasteiger partial charge is 0.481 e. The molecular weight excluding hydrogens is 282 g/mol. The van der Waals surface area contributed by atoms with Gasteiger partial charge in [0.2, 0.25) is 0 Å². The van der Waals surface area contributed by atoms with Crippen LogP contribution in [0, 0.1) is 0 Å². The van der Waals surface area contributed by atoms with Gasteiger partial charge in [-0.3, -0.25) is 9.48 Å². The van der Waals surface area contributed by atoms with Crippen LogP contribution in [-0.2, 0) is 17.0 Å². The first kappa shape index (κ1) is 14.1. The quantitative estimate of drug-likeness (QED) is 0.830. The summed E-state index contributed by atoms with van der Waals surface area (Å²) in [5.74, 6) is -0.0998. The van der Waals surface area contributed by atoms with Crippen molar-refractivity contribution in [2.45, 2.75) is 36.4 Å². The number of carbonyl (C=O) groups is 1. The van der Waals surface area contributed by atoms with Gasteiger partial charge in [0.05, 0.1) is 17.8 Å². The van der Waals surface area contributed by atoms with Gasteiger partial charge < -0.3 is 5.11 Å². The van der Waals surface area contributed by atoms with Crippen LogP contribution in [0.4, 0.5) is 0 Å². The number of aromatic nitrogens is 3. The molecule has 0 saturated heterocycles. The van der Waals surface area contributed by atoms with Crippen molar-refractivity contribution in [1.82, 2.24) is 14.8 Å². The van der Waals surface area contributed by atoms with E-state index in [0.717, 1.165) is 15.8 Å². The summed E-state index contributed by atoms with van der Waals surface area (Å²) in [5, 5.41) is 14.9. The monoisotopic (exact) mass is 297 g/mol. The van der Waals surface area contributed by atoms with Crippen molar-refractivity contribution in [1.29, 1.82) is 0 Å². The van der Waals surface area contributed by atoms with Crippen LogP contribution in [0.5, 0.6) is 0 Å². The first-order valence-electron chi connectivity index (χ1n) is 5.87. The van der Waals surface area contributed by atoms with E-state index in [2.05, 4.69) is 23.9 Å². The van der Waals surface area contributed by atoms with Crippen LogP contribution >= 0.6 is 23.1 Å². The molecule has 0 aliphatic heterocycles. The number of carboxylic acid groups (broad SMARTS) is 1. The zero-order valence-electron chi connectivity index (χ0n) is 10.7. The lowest BCUT2D eigenvalue weighted by atomic mass is 10.3. The van der Waals surface area contributed by atoms with Gasteiger partial charge in [0, 0.05) is 23.4 Å². The molecule has 0 fully saturated rings. The van der Waals surface area contributed by atoms with Crippen molar-refractivity contribution in [2.24, 2.45) is 0 Å². The third-order valence-corrected chi connectivity index (χ3v) is 4.50. The molecule has 7 heteroatoms. The summed E-state index contributed by atoms with van der Waals surface area (Å²) in [7, 11) is 0. The third-order valence-electron chi connectivity index (χ3n) is 2.40. The van der Waals surface area contributed by atoms with Crippen molar-refractivity contribution in [3.8, 4) is 0 Å². The van der Waals surface area contributed by atoms with Crippen LogP contribution in [0.15, 0.2) is 22.0 Å². The number of thioether (sulfide) groups is 1. The van der Waals surface area contributed by atoms with E-state index >= 15 is 0 Å². The Bertz CT molecular complexity index is 563. The zero-order chi connectivity index (χ0) is 13.8.